The highest BCUT2D eigenvalue weighted by Gasteiger charge is 2.21. The van der Waals surface area contributed by atoms with Crippen molar-refractivity contribution < 1.29 is 4.74 Å². The molecule has 1 N–H and O–H groups in total. The Bertz CT molecular complexity index is 441. The minimum atomic E-state index is 0.625. The molecule has 1 saturated carbocycles. The van der Waals surface area contributed by atoms with E-state index in [0.29, 0.717) is 6.04 Å². The Morgan fingerprint density at radius 1 is 1.24 bits per heavy atom. The number of hydrogen-bond acceptors (Lipinski definition) is 2. The van der Waals surface area contributed by atoms with Gasteiger partial charge in [0.2, 0.25) is 0 Å². The van der Waals surface area contributed by atoms with E-state index >= 15 is 0 Å². The van der Waals surface area contributed by atoms with Crippen LogP contribution in [-0.2, 0) is 6.54 Å². The van der Waals surface area contributed by atoms with E-state index in [-0.39, 0.29) is 0 Å². The summed E-state index contributed by atoms with van der Waals surface area (Å²) in [6, 6.07) is 8.74. The summed E-state index contributed by atoms with van der Waals surface area (Å²) in [5.41, 5.74) is 1.22. The summed E-state index contributed by atoms with van der Waals surface area (Å²) < 4.78 is 5.18. The van der Waals surface area contributed by atoms with Gasteiger partial charge in [-0.3, -0.25) is 0 Å². The maximum Gasteiger partial charge on any atom is 0.169 e. The SMILES string of the molecule is CCN(C(=S)NCc1ccc(OC)cc1)C1CCCCC1. The number of methoxy groups -OCH3 is 1. The van der Waals surface area contributed by atoms with Crippen LogP contribution >= 0.6 is 12.2 Å². The Balaban J connectivity index is 1.86. The summed E-state index contributed by atoms with van der Waals surface area (Å²) in [6.07, 6.45) is 6.60. The van der Waals surface area contributed by atoms with Gasteiger partial charge in [0.15, 0.2) is 5.11 Å². The molecule has 2 rings (SSSR count). The summed E-state index contributed by atoms with van der Waals surface area (Å²) in [5, 5.41) is 4.29. The van der Waals surface area contributed by atoms with Crippen LogP contribution in [0.2, 0.25) is 0 Å². The van der Waals surface area contributed by atoms with Gasteiger partial charge in [-0.15, -0.1) is 0 Å². The smallest absolute Gasteiger partial charge is 0.169 e. The highest BCUT2D eigenvalue weighted by atomic mass is 32.1. The van der Waals surface area contributed by atoms with Crippen LogP contribution < -0.4 is 10.1 Å². The molecule has 0 unspecified atom stereocenters. The zero-order valence-corrected chi connectivity index (χ0v) is 13.9. The van der Waals surface area contributed by atoms with Gasteiger partial charge in [-0.25, -0.2) is 0 Å². The van der Waals surface area contributed by atoms with Crippen LogP contribution in [0, 0.1) is 0 Å². The van der Waals surface area contributed by atoms with Crippen molar-refractivity contribution in [3.63, 3.8) is 0 Å². The third-order valence-corrected chi connectivity index (χ3v) is 4.60. The monoisotopic (exact) mass is 306 g/mol. The molecule has 0 aliphatic heterocycles. The van der Waals surface area contributed by atoms with Gasteiger partial charge in [-0.2, -0.15) is 0 Å². The summed E-state index contributed by atoms with van der Waals surface area (Å²) in [7, 11) is 1.69. The first-order chi connectivity index (χ1) is 10.2. The molecule has 116 valence electrons. The van der Waals surface area contributed by atoms with Gasteiger partial charge in [0.1, 0.15) is 5.75 Å². The van der Waals surface area contributed by atoms with Gasteiger partial charge in [-0.1, -0.05) is 31.4 Å². The van der Waals surface area contributed by atoms with Crippen LogP contribution in [0.15, 0.2) is 24.3 Å². The predicted octanol–water partition coefficient (Wildman–Crippen LogP) is 3.72. The average molecular weight is 306 g/mol. The Morgan fingerprint density at radius 2 is 1.90 bits per heavy atom. The quantitative estimate of drug-likeness (QED) is 0.838. The number of thiocarbonyl (C=S) groups is 1. The van der Waals surface area contributed by atoms with Crippen LogP contribution in [0.1, 0.15) is 44.6 Å². The van der Waals surface area contributed by atoms with Crippen LogP contribution in [0.4, 0.5) is 0 Å². The fourth-order valence-electron chi connectivity index (χ4n) is 2.98. The summed E-state index contributed by atoms with van der Waals surface area (Å²) in [5.74, 6) is 0.888. The first-order valence-corrected chi connectivity index (χ1v) is 8.32. The zero-order chi connectivity index (χ0) is 15.1. The lowest BCUT2D eigenvalue weighted by atomic mass is 9.94. The van der Waals surface area contributed by atoms with Gasteiger partial charge < -0.3 is 15.0 Å². The maximum absolute atomic E-state index is 5.59. The topological polar surface area (TPSA) is 24.5 Å². The largest absolute Gasteiger partial charge is 0.497 e. The number of hydrogen-bond donors (Lipinski definition) is 1. The van der Waals surface area contributed by atoms with E-state index in [0.717, 1.165) is 24.0 Å². The van der Waals surface area contributed by atoms with Gasteiger partial charge in [0, 0.05) is 19.1 Å². The van der Waals surface area contributed by atoms with E-state index in [1.807, 2.05) is 12.1 Å². The molecule has 1 aliphatic carbocycles. The molecule has 0 aromatic heterocycles. The Morgan fingerprint density at radius 3 is 2.48 bits per heavy atom. The predicted molar refractivity (Wildman–Crippen MR) is 91.7 cm³/mol. The first-order valence-electron chi connectivity index (χ1n) is 7.92. The van der Waals surface area contributed by atoms with E-state index in [4.69, 9.17) is 17.0 Å². The van der Waals surface area contributed by atoms with Gasteiger partial charge in [-0.05, 0) is 49.7 Å². The molecule has 0 heterocycles. The van der Waals surface area contributed by atoms with Crippen molar-refractivity contribution in [2.75, 3.05) is 13.7 Å². The molecule has 1 fully saturated rings. The molecule has 0 amide bonds. The fraction of sp³-hybridized carbons (Fsp3) is 0.588. The molecular formula is C17H26N2OS. The second-order valence-corrected chi connectivity index (χ2v) is 5.97. The van der Waals surface area contributed by atoms with Crippen LogP contribution in [0.5, 0.6) is 5.75 Å². The number of nitrogens with one attached hydrogen (secondary N) is 1. The second-order valence-electron chi connectivity index (χ2n) is 5.58. The maximum atomic E-state index is 5.59. The molecular weight excluding hydrogens is 280 g/mol. The number of ether oxygens (including phenoxy) is 1. The van der Waals surface area contributed by atoms with Crippen LogP contribution in [-0.4, -0.2) is 29.7 Å². The molecule has 0 bridgehead atoms. The van der Waals surface area contributed by atoms with E-state index < -0.39 is 0 Å². The van der Waals surface area contributed by atoms with Gasteiger partial charge in [0.05, 0.1) is 7.11 Å². The Hall–Kier alpha value is -1.29. The number of benzene rings is 1. The van der Waals surface area contributed by atoms with E-state index in [1.165, 1.54) is 37.7 Å². The molecule has 1 aliphatic rings. The molecule has 0 spiro atoms. The third kappa shape index (κ3) is 4.60. The highest BCUT2D eigenvalue weighted by Crippen LogP contribution is 2.22. The third-order valence-electron chi connectivity index (χ3n) is 4.22. The van der Waals surface area contributed by atoms with Crippen molar-refractivity contribution >= 4 is 17.3 Å². The second kappa shape index (κ2) is 8.23. The summed E-state index contributed by atoms with van der Waals surface area (Å²) in [6.45, 7) is 3.95. The molecule has 1 aromatic rings. The van der Waals surface area contributed by atoms with Crippen LogP contribution in [0.3, 0.4) is 0 Å². The van der Waals surface area contributed by atoms with E-state index in [2.05, 4.69) is 29.3 Å². The van der Waals surface area contributed by atoms with Crippen molar-refractivity contribution in [2.45, 2.75) is 51.6 Å². The average Bonchev–Trinajstić information content (AvgIpc) is 2.55. The van der Waals surface area contributed by atoms with Crippen molar-refractivity contribution in [1.82, 2.24) is 10.2 Å². The van der Waals surface area contributed by atoms with Gasteiger partial charge >= 0.3 is 0 Å². The van der Waals surface area contributed by atoms with Crippen LogP contribution in [0.25, 0.3) is 0 Å². The molecule has 0 radical (unpaired) electrons. The fourth-order valence-corrected chi connectivity index (χ4v) is 3.33. The Kier molecular flexibility index (Phi) is 6.30. The molecule has 0 saturated heterocycles. The van der Waals surface area contributed by atoms with Gasteiger partial charge in [0.25, 0.3) is 0 Å². The highest BCUT2D eigenvalue weighted by molar-refractivity contribution is 7.80. The summed E-state index contributed by atoms with van der Waals surface area (Å²) >= 11 is 5.59. The van der Waals surface area contributed by atoms with E-state index in [1.54, 1.807) is 7.11 Å². The van der Waals surface area contributed by atoms with Crippen molar-refractivity contribution in [2.24, 2.45) is 0 Å². The first kappa shape index (κ1) is 16.1. The minimum absolute atomic E-state index is 0.625. The molecule has 1 aromatic carbocycles. The number of rotatable bonds is 5. The zero-order valence-electron chi connectivity index (χ0n) is 13.1. The molecule has 3 nitrogen and oxygen atoms in total. The lowest BCUT2D eigenvalue weighted by Crippen LogP contribution is -2.46. The lowest BCUT2D eigenvalue weighted by molar-refractivity contribution is 0.249. The van der Waals surface area contributed by atoms with E-state index in [9.17, 15) is 0 Å². The van der Waals surface area contributed by atoms with Crippen molar-refractivity contribution in [1.29, 1.82) is 0 Å². The standard InChI is InChI=1S/C17H26N2OS/c1-3-19(15-7-5-4-6-8-15)17(21)18-13-14-9-11-16(20-2)12-10-14/h9-12,15H,3-8,13H2,1-2H3,(H,18,21). The molecule has 0 atom stereocenters. The molecule has 4 heteroatoms. The number of nitrogens with zero attached hydrogens (tertiary/aromatic N) is 1. The lowest BCUT2D eigenvalue weighted by Gasteiger charge is -2.35. The minimum Gasteiger partial charge on any atom is -0.497 e. The molecule has 21 heavy (non-hydrogen) atoms. The summed E-state index contributed by atoms with van der Waals surface area (Å²) in [4.78, 5) is 2.36. The van der Waals surface area contributed by atoms with Crippen molar-refractivity contribution in [3.8, 4) is 5.75 Å². The Labute approximate surface area is 133 Å². The normalized spacial score (nSPS) is 15.5. The van der Waals surface area contributed by atoms with Crippen molar-refractivity contribution in [3.05, 3.63) is 29.8 Å².